The van der Waals surface area contributed by atoms with Crippen molar-refractivity contribution in [3.8, 4) is 0 Å². The third-order valence-electron chi connectivity index (χ3n) is 6.26. The van der Waals surface area contributed by atoms with Gasteiger partial charge in [0.25, 0.3) is 0 Å². The van der Waals surface area contributed by atoms with Crippen LogP contribution in [0.3, 0.4) is 0 Å². The molecule has 6 rings (SSSR count). The molecule has 4 aromatic rings. The van der Waals surface area contributed by atoms with E-state index >= 15 is 0 Å². The van der Waals surface area contributed by atoms with Crippen molar-refractivity contribution in [2.45, 2.75) is 9.79 Å². The van der Waals surface area contributed by atoms with E-state index in [2.05, 4.69) is 68.6 Å². The van der Waals surface area contributed by atoms with E-state index in [-0.39, 0.29) is 5.95 Å². The largest absolute Gasteiger partial charge is 0.369 e. The lowest BCUT2D eigenvalue weighted by atomic mass is 10.2. The van der Waals surface area contributed by atoms with E-state index in [1.807, 2.05) is 36.4 Å². The number of fused-ring (bicyclic) bond motifs is 2. The summed E-state index contributed by atoms with van der Waals surface area (Å²) in [6.07, 6.45) is 0. The van der Waals surface area contributed by atoms with Crippen molar-refractivity contribution >= 4 is 46.6 Å². The number of para-hydroxylation sites is 1. The molecule has 3 aromatic carbocycles. The predicted molar refractivity (Wildman–Crippen MR) is 142 cm³/mol. The normalized spacial score (nSPS) is 15.7. The molecule has 0 radical (unpaired) electrons. The van der Waals surface area contributed by atoms with Gasteiger partial charge in [0.15, 0.2) is 5.84 Å². The summed E-state index contributed by atoms with van der Waals surface area (Å²) in [7, 11) is 2.17. The Bertz CT molecular complexity index is 1390. The maximum Gasteiger partial charge on any atom is 0.248 e. The minimum Gasteiger partial charge on any atom is -0.369 e. The lowest BCUT2D eigenvalue weighted by molar-refractivity contribution is 0.313. The summed E-state index contributed by atoms with van der Waals surface area (Å²) < 4.78 is 1.61. The van der Waals surface area contributed by atoms with Gasteiger partial charge in [0.1, 0.15) is 0 Å². The second-order valence-corrected chi connectivity index (χ2v) is 9.75. The summed E-state index contributed by atoms with van der Waals surface area (Å²) in [6.45, 7) is 4.24. The third kappa shape index (κ3) is 4.36. The molecule has 35 heavy (non-hydrogen) atoms. The Morgan fingerprint density at radius 2 is 1.57 bits per heavy atom. The predicted octanol–water partition coefficient (Wildman–Crippen LogP) is 4.45. The molecule has 2 aliphatic rings. The lowest BCUT2D eigenvalue weighted by Crippen LogP contribution is -2.44. The molecule has 2 aliphatic heterocycles. The molecule has 0 unspecified atom stereocenters. The molecule has 0 bridgehead atoms. The molecule has 0 atom stereocenters. The van der Waals surface area contributed by atoms with Crippen molar-refractivity contribution in [2.75, 3.05) is 49.2 Å². The van der Waals surface area contributed by atoms with E-state index in [9.17, 15) is 0 Å². The minimum absolute atomic E-state index is 0.277. The number of piperazine rings is 1. The van der Waals surface area contributed by atoms with Crippen LogP contribution in [0.2, 0.25) is 0 Å². The van der Waals surface area contributed by atoms with Crippen molar-refractivity contribution in [3.63, 3.8) is 0 Å². The molecule has 1 fully saturated rings. The molecule has 0 saturated carbocycles. The van der Waals surface area contributed by atoms with E-state index in [1.54, 1.807) is 16.4 Å². The summed E-state index contributed by atoms with van der Waals surface area (Å²) in [6, 6.07) is 24.6. The van der Waals surface area contributed by atoms with Gasteiger partial charge in [0.2, 0.25) is 11.9 Å². The fourth-order valence-corrected chi connectivity index (χ4v) is 5.33. The van der Waals surface area contributed by atoms with E-state index in [0.29, 0.717) is 11.8 Å². The van der Waals surface area contributed by atoms with E-state index in [0.717, 1.165) is 52.9 Å². The van der Waals surface area contributed by atoms with Gasteiger partial charge in [-0.05, 0) is 49.5 Å². The number of anilines is 4. The van der Waals surface area contributed by atoms with Crippen LogP contribution < -0.4 is 16.0 Å². The highest BCUT2D eigenvalue weighted by molar-refractivity contribution is 7.99. The molecule has 0 aliphatic carbocycles. The van der Waals surface area contributed by atoms with Crippen LogP contribution in [-0.4, -0.2) is 58.7 Å². The zero-order chi connectivity index (χ0) is 23.8. The summed E-state index contributed by atoms with van der Waals surface area (Å²) >= 11 is 1.69. The number of aliphatic imine (C=N–C) groups is 1. The Morgan fingerprint density at radius 3 is 2.37 bits per heavy atom. The van der Waals surface area contributed by atoms with Gasteiger partial charge in [-0.2, -0.15) is 9.67 Å². The standard InChI is InChI=1S/C26H26N8S/c1-32-14-16-33(17-15-32)19-12-10-18(11-13-19)28-26-30-25(27)34(31-26)24-20-6-2-4-8-22(20)35-23-9-5-3-7-21(23)29-24/h2-13H,14-17H2,1H3,(H3,27,28,30,31). The van der Waals surface area contributed by atoms with Gasteiger partial charge in [-0.25, -0.2) is 4.99 Å². The molecule has 0 spiro atoms. The first-order valence-electron chi connectivity index (χ1n) is 11.6. The second-order valence-electron chi connectivity index (χ2n) is 8.67. The van der Waals surface area contributed by atoms with Crippen molar-refractivity contribution in [1.29, 1.82) is 0 Å². The van der Waals surface area contributed by atoms with Crippen molar-refractivity contribution in [3.05, 3.63) is 78.4 Å². The lowest BCUT2D eigenvalue weighted by Gasteiger charge is -2.34. The number of rotatable bonds is 3. The van der Waals surface area contributed by atoms with Gasteiger partial charge in [-0.3, -0.25) is 0 Å². The first-order chi connectivity index (χ1) is 17.1. The van der Waals surface area contributed by atoms with Crippen LogP contribution in [-0.2, 0) is 0 Å². The molecule has 3 heterocycles. The van der Waals surface area contributed by atoms with E-state index in [1.165, 1.54) is 5.69 Å². The topological polar surface area (TPSA) is 87.6 Å². The van der Waals surface area contributed by atoms with Gasteiger partial charge in [-0.1, -0.05) is 42.1 Å². The number of nitrogens with zero attached hydrogens (tertiary/aromatic N) is 6. The van der Waals surface area contributed by atoms with Crippen LogP contribution in [0.15, 0.2) is 87.6 Å². The SMILES string of the molecule is CN1CCN(c2ccc(Nc3nc(N)n(C4=Nc5ccccc5Sc5ccccc54)n3)cc2)CC1. The zero-order valence-electron chi connectivity index (χ0n) is 19.4. The van der Waals surface area contributed by atoms with Gasteiger partial charge in [0.05, 0.1) is 5.69 Å². The van der Waals surface area contributed by atoms with Gasteiger partial charge in [-0.15, -0.1) is 5.10 Å². The highest BCUT2D eigenvalue weighted by Crippen LogP contribution is 2.40. The number of likely N-dealkylation sites (N-methyl/N-ethyl adjacent to an activating group) is 1. The molecular formula is C26H26N8S. The smallest absolute Gasteiger partial charge is 0.248 e. The summed E-state index contributed by atoms with van der Waals surface area (Å²) in [5, 5.41) is 7.97. The second kappa shape index (κ2) is 9.09. The number of nitrogen functional groups attached to an aromatic ring is 1. The van der Waals surface area contributed by atoms with Crippen LogP contribution >= 0.6 is 11.8 Å². The molecule has 8 nitrogen and oxygen atoms in total. The summed E-state index contributed by atoms with van der Waals surface area (Å²) in [5.41, 5.74) is 10.3. The molecule has 3 N–H and O–H groups in total. The highest BCUT2D eigenvalue weighted by atomic mass is 32.2. The van der Waals surface area contributed by atoms with Crippen LogP contribution in [0.4, 0.5) is 29.0 Å². The Morgan fingerprint density at radius 1 is 0.857 bits per heavy atom. The van der Waals surface area contributed by atoms with Crippen molar-refractivity contribution < 1.29 is 0 Å². The number of nitrogens with one attached hydrogen (secondary N) is 1. The Balaban J connectivity index is 1.28. The molecular weight excluding hydrogens is 456 g/mol. The Labute approximate surface area is 208 Å². The maximum absolute atomic E-state index is 6.34. The first kappa shape index (κ1) is 21.7. The zero-order valence-corrected chi connectivity index (χ0v) is 20.2. The summed E-state index contributed by atoms with van der Waals surface area (Å²) in [5.74, 6) is 1.36. The number of hydrogen-bond donors (Lipinski definition) is 2. The molecule has 0 amide bonds. The van der Waals surface area contributed by atoms with Gasteiger partial charge >= 0.3 is 0 Å². The van der Waals surface area contributed by atoms with Crippen LogP contribution in [0.1, 0.15) is 5.56 Å². The molecule has 1 aromatic heterocycles. The van der Waals surface area contributed by atoms with Crippen LogP contribution in [0, 0.1) is 0 Å². The number of benzene rings is 3. The van der Waals surface area contributed by atoms with Crippen LogP contribution in [0.25, 0.3) is 0 Å². The average Bonchev–Trinajstić information content (AvgIpc) is 3.15. The quantitative estimate of drug-likeness (QED) is 0.393. The van der Waals surface area contributed by atoms with E-state index in [4.69, 9.17) is 10.7 Å². The molecule has 176 valence electrons. The summed E-state index contributed by atoms with van der Waals surface area (Å²) in [4.78, 5) is 16.4. The van der Waals surface area contributed by atoms with Gasteiger partial charge < -0.3 is 20.9 Å². The van der Waals surface area contributed by atoms with Crippen molar-refractivity contribution in [2.24, 2.45) is 4.99 Å². The maximum atomic E-state index is 6.34. The van der Waals surface area contributed by atoms with Crippen molar-refractivity contribution in [1.82, 2.24) is 19.7 Å². The number of nitrogens with two attached hydrogens (primary N) is 1. The minimum atomic E-state index is 0.277. The number of hydrogen-bond acceptors (Lipinski definition) is 8. The van der Waals surface area contributed by atoms with Crippen LogP contribution in [0.5, 0.6) is 0 Å². The molecule has 9 heteroatoms. The fourth-order valence-electron chi connectivity index (χ4n) is 4.31. The first-order valence-corrected chi connectivity index (χ1v) is 12.4. The number of aromatic nitrogens is 3. The fraction of sp³-hybridized carbons (Fsp3) is 0.192. The average molecular weight is 483 g/mol. The Kier molecular flexibility index (Phi) is 5.63. The van der Waals surface area contributed by atoms with E-state index < -0.39 is 0 Å². The highest BCUT2D eigenvalue weighted by Gasteiger charge is 2.22. The Hall–Kier alpha value is -3.82. The third-order valence-corrected chi connectivity index (χ3v) is 7.41. The van der Waals surface area contributed by atoms with Gasteiger partial charge in [0, 0.05) is 52.9 Å². The monoisotopic (exact) mass is 482 g/mol. The molecule has 1 saturated heterocycles.